The SMILES string of the molecule is CC(=O)c1ccc(N(C)C2CCOC2C)cc1[N+](=O)[O-]. The normalized spacial score (nSPS) is 21.8. The van der Waals surface area contributed by atoms with E-state index in [2.05, 4.69) is 0 Å². The summed E-state index contributed by atoms with van der Waals surface area (Å²) in [5, 5.41) is 11.1. The maximum atomic E-state index is 11.4. The molecule has 0 aromatic heterocycles. The van der Waals surface area contributed by atoms with Gasteiger partial charge in [-0.25, -0.2) is 0 Å². The van der Waals surface area contributed by atoms with Gasteiger partial charge in [0.05, 0.1) is 22.6 Å². The number of nitro groups is 1. The zero-order chi connectivity index (χ0) is 14.9. The standard InChI is InChI=1S/C14H18N2O4/c1-9(17)12-5-4-11(8-14(12)16(18)19)15(3)13-6-7-20-10(13)2/h4-5,8,10,13H,6-7H2,1-3H3. The van der Waals surface area contributed by atoms with Crippen LogP contribution in [0.2, 0.25) is 0 Å². The number of nitrogens with zero attached hydrogens (tertiary/aromatic N) is 2. The van der Waals surface area contributed by atoms with Crippen LogP contribution in [0.1, 0.15) is 30.6 Å². The minimum Gasteiger partial charge on any atom is -0.376 e. The molecule has 1 heterocycles. The van der Waals surface area contributed by atoms with Crippen molar-refractivity contribution in [2.45, 2.75) is 32.4 Å². The lowest BCUT2D eigenvalue weighted by Gasteiger charge is -2.28. The zero-order valence-corrected chi connectivity index (χ0v) is 11.8. The second-order valence-corrected chi connectivity index (χ2v) is 5.06. The van der Waals surface area contributed by atoms with Crippen molar-refractivity contribution in [3.8, 4) is 0 Å². The highest BCUT2D eigenvalue weighted by molar-refractivity contribution is 5.98. The van der Waals surface area contributed by atoms with E-state index in [0.717, 1.165) is 12.1 Å². The lowest BCUT2D eigenvalue weighted by molar-refractivity contribution is -0.385. The minimum absolute atomic E-state index is 0.0894. The monoisotopic (exact) mass is 278 g/mol. The van der Waals surface area contributed by atoms with Gasteiger partial charge in [-0.15, -0.1) is 0 Å². The van der Waals surface area contributed by atoms with Gasteiger partial charge in [-0.1, -0.05) is 0 Å². The van der Waals surface area contributed by atoms with Gasteiger partial charge in [-0.05, 0) is 32.4 Å². The Labute approximate surface area is 117 Å². The number of carbonyl (C=O) groups excluding carboxylic acids is 1. The van der Waals surface area contributed by atoms with Crippen molar-refractivity contribution >= 4 is 17.2 Å². The number of benzene rings is 1. The Morgan fingerprint density at radius 3 is 2.70 bits per heavy atom. The van der Waals surface area contributed by atoms with Gasteiger partial charge >= 0.3 is 0 Å². The van der Waals surface area contributed by atoms with E-state index in [1.807, 2.05) is 18.9 Å². The number of hydrogen-bond donors (Lipinski definition) is 0. The molecular formula is C14H18N2O4. The second-order valence-electron chi connectivity index (χ2n) is 5.06. The van der Waals surface area contributed by atoms with Crippen molar-refractivity contribution in [1.82, 2.24) is 0 Å². The minimum atomic E-state index is -0.511. The largest absolute Gasteiger partial charge is 0.376 e. The highest BCUT2D eigenvalue weighted by atomic mass is 16.6. The smallest absolute Gasteiger partial charge is 0.282 e. The molecule has 0 aliphatic carbocycles. The highest BCUT2D eigenvalue weighted by Crippen LogP contribution is 2.29. The number of Topliss-reactive ketones (excluding diaryl/α,β-unsaturated/α-hetero) is 1. The predicted molar refractivity (Wildman–Crippen MR) is 75.3 cm³/mol. The van der Waals surface area contributed by atoms with E-state index in [1.54, 1.807) is 6.07 Å². The first kappa shape index (κ1) is 14.5. The van der Waals surface area contributed by atoms with Crippen molar-refractivity contribution < 1.29 is 14.5 Å². The molecule has 1 fully saturated rings. The van der Waals surface area contributed by atoms with Crippen LogP contribution in [0.3, 0.4) is 0 Å². The first-order valence-electron chi connectivity index (χ1n) is 6.55. The summed E-state index contributed by atoms with van der Waals surface area (Å²) in [7, 11) is 1.89. The van der Waals surface area contributed by atoms with Crippen molar-refractivity contribution in [3.63, 3.8) is 0 Å². The van der Waals surface area contributed by atoms with E-state index in [0.29, 0.717) is 6.61 Å². The summed E-state index contributed by atoms with van der Waals surface area (Å²) in [4.78, 5) is 24.0. The molecule has 0 spiro atoms. The third kappa shape index (κ3) is 2.65. The van der Waals surface area contributed by atoms with Gasteiger partial charge in [0.15, 0.2) is 5.78 Å². The molecule has 0 bridgehead atoms. The number of anilines is 1. The molecule has 6 nitrogen and oxygen atoms in total. The fourth-order valence-corrected chi connectivity index (χ4v) is 2.61. The molecule has 2 atom stereocenters. The number of nitro benzene ring substituents is 1. The molecule has 1 aromatic rings. The molecule has 0 N–H and O–H groups in total. The summed E-state index contributed by atoms with van der Waals surface area (Å²) in [6.07, 6.45) is 0.978. The Morgan fingerprint density at radius 1 is 1.50 bits per heavy atom. The molecule has 1 aromatic carbocycles. The lowest BCUT2D eigenvalue weighted by Crippen LogP contribution is -2.36. The molecule has 6 heteroatoms. The molecular weight excluding hydrogens is 260 g/mol. The summed E-state index contributed by atoms with van der Waals surface area (Å²) in [5.74, 6) is -0.302. The Bertz CT molecular complexity index is 544. The van der Waals surface area contributed by atoms with Gasteiger partial charge < -0.3 is 9.64 Å². The molecule has 1 aliphatic heterocycles. The number of ketones is 1. The number of rotatable bonds is 4. The van der Waals surface area contributed by atoms with Crippen LogP contribution in [-0.2, 0) is 4.74 Å². The highest BCUT2D eigenvalue weighted by Gasteiger charge is 2.29. The maximum absolute atomic E-state index is 11.4. The van der Waals surface area contributed by atoms with Crippen LogP contribution in [0.4, 0.5) is 11.4 Å². The van der Waals surface area contributed by atoms with E-state index in [9.17, 15) is 14.9 Å². The Kier molecular flexibility index (Phi) is 4.04. The van der Waals surface area contributed by atoms with E-state index >= 15 is 0 Å². The topological polar surface area (TPSA) is 72.7 Å². The second kappa shape index (κ2) is 5.58. The predicted octanol–water partition coefficient (Wildman–Crippen LogP) is 2.41. The van der Waals surface area contributed by atoms with Crippen molar-refractivity contribution in [3.05, 3.63) is 33.9 Å². The average Bonchev–Trinajstić information content (AvgIpc) is 2.83. The van der Waals surface area contributed by atoms with Crippen molar-refractivity contribution in [1.29, 1.82) is 0 Å². The maximum Gasteiger partial charge on any atom is 0.282 e. The Hall–Kier alpha value is -1.95. The van der Waals surface area contributed by atoms with Crippen LogP contribution in [0, 0.1) is 10.1 Å². The number of carbonyl (C=O) groups is 1. The van der Waals surface area contributed by atoms with Crippen LogP contribution in [-0.4, -0.2) is 36.5 Å². The van der Waals surface area contributed by atoms with Crippen molar-refractivity contribution in [2.24, 2.45) is 0 Å². The van der Waals surface area contributed by atoms with E-state index < -0.39 is 4.92 Å². The third-order valence-electron chi connectivity index (χ3n) is 3.80. The van der Waals surface area contributed by atoms with Crippen LogP contribution < -0.4 is 4.90 Å². The first-order valence-corrected chi connectivity index (χ1v) is 6.55. The lowest BCUT2D eigenvalue weighted by atomic mass is 10.1. The van der Waals surface area contributed by atoms with Gasteiger partial charge in [0.1, 0.15) is 0 Å². The molecule has 0 saturated carbocycles. The van der Waals surface area contributed by atoms with Crippen LogP contribution in [0.5, 0.6) is 0 Å². The van der Waals surface area contributed by atoms with E-state index in [4.69, 9.17) is 4.74 Å². The van der Waals surface area contributed by atoms with E-state index in [1.165, 1.54) is 19.1 Å². The molecule has 2 unspecified atom stereocenters. The number of likely N-dealkylation sites (N-methyl/N-ethyl adjacent to an activating group) is 1. The fraction of sp³-hybridized carbons (Fsp3) is 0.500. The Morgan fingerprint density at radius 2 is 2.20 bits per heavy atom. The van der Waals surface area contributed by atoms with Gasteiger partial charge in [0, 0.05) is 25.4 Å². The zero-order valence-electron chi connectivity index (χ0n) is 11.8. The quantitative estimate of drug-likeness (QED) is 0.480. The number of hydrogen-bond acceptors (Lipinski definition) is 5. The molecule has 1 saturated heterocycles. The molecule has 2 rings (SSSR count). The molecule has 1 aliphatic rings. The van der Waals surface area contributed by atoms with Crippen LogP contribution in [0.15, 0.2) is 18.2 Å². The summed E-state index contributed by atoms with van der Waals surface area (Å²) < 4.78 is 5.52. The summed E-state index contributed by atoms with van der Waals surface area (Å²) in [6, 6.07) is 4.92. The summed E-state index contributed by atoms with van der Waals surface area (Å²) in [5.41, 5.74) is 0.723. The average molecular weight is 278 g/mol. The molecule has 20 heavy (non-hydrogen) atoms. The first-order chi connectivity index (χ1) is 9.41. The third-order valence-corrected chi connectivity index (χ3v) is 3.80. The number of ether oxygens (including phenoxy) is 1. The molecule has 108 valence electrons. The van der Waals surface area contributed by atoms with Crippen LogP contribution >= 0.6 is 0 Å². The van der Waals surface area contributed by atoms with Crippen LogP contribution in [0.25, 0.3) is 0 Å². The van der Waals surface area contributed by atoms with E-state index in [-0.39, 0.29) is 29.2 Å². The van der Waals surface area contributed by atoms with Gasteiger partial charge in [0.2, 0.25) is 0 Å². The fourth-order valence-electron chi connectivity index (χ4n) is 2.61. The van der Waals surface area contributed by atoms with Gasteiger partial charge in [-0.3, -0.25) is 14.9 Å². The van der Waals surface area contributed by atoms with Crippen molar-refractivity contribution in [2.75, 3.05) is 18.6 Å². The van der Waals surface area contributed by atoms with Gasteiger partial charge in [-0.2, -0.15) is 0 Å². The summed E-state index contributed by atoms with van der Waals surface area (Å²) in [6.45, 7) is 4.02. The Balaban J connectivity index is 2.35. The molecule has 0 amide bonds. The summed E-state index contributed by atoms with van der Waals surface area (Å²) >= 11 is 0. The molecule has 0 radical (unpaired) electrons. The van der Waals surface area contributed by atoms with Gasteiger partial charge in [0.25, 0.3) is 5.69 Å².